The number of hydrogen-bond donors (Lipinski definition) is 1. The molecule has 0 aromatic heterocycles. The van der Waals surface area contributed by atoms with Crippen LogP contribution in [-0.2, 0) is 0 Å². The van der Waals surface area contributed by atoms with Gasteiger partial charge in [0.2, 0.25) is 0 Å². The van der Waals surface area contributed by atoms with E-state index in [4.69, 9.17) is 0 Å². The SMILES string of the molecule is CC(C)N1CC(O)C(N2CCN(C)CC2)C1. The van der Waals surface area contributed by atoms with Gasteiger partial charge in [0.1, 0.15) is 0 Å². The van der Waals surface area contributed by atoms with Crippen molar-refractivity contribution in [2.24, 2.45) is 0 Å². The number of likely N-dealkylation sites (N-methyl/N-ethyl adjacent to an activating group) is 1. The molecule has 2 aliphatic heterocycles. The Bertz CT molecular complexity index is 226. The third kappa shape index (κ3) is 2.56. The number of aliphatic hydroxyl groups is 1. The second-order valence-corrected chi connectivity index (χ2v) is 5.52. The highest BCUT2D eigenvalue weighted by molar-refractivity contribution is 4.93. The number of aliphatic hydroxyl groups excluding tert-OH is 1. The van der Waals surface area contributed by atoms with Gasteiger partial charge in [-0.05, 0) is 20.9 Å². The fourth-order valence-corrected chi connectivity index (χ4v) is 2.73. The topological polar surface area (TPSA) is 30.0 Å². The van der Waals surface area contributed by atoms with Gasteiger partial charge in [-0.15, -0.1) is 0 Å². The summed E-state index contributed by atoms with van der Waals surface area (Å²) in [6.45, 7) is 10.7. The largest absolute Gasteiger partial charge is 0.390 e. The summed E-state index contributed by atoms with van der Waals surface area (Å²) in [5.74, 6) is 0. The Hall–Kier alpha value is -0.160. The lowest BCUT2D eigenvalue weighted by Crippen LogP contribution is -2.52. The predicted molar refractivity (Wildman–Crippen MR) is 65.6 cm³/mol. The van der Waals surface area contributed by atoms with Gasteiger partial charge in [-0.3, -0.25) is 9.80 Å². The molecule has 2 aliphatic rings. The first kappa shape index (κ1) is 12.3. The Morgan fingerprint density at radius 2 is 1.69 bits per heavy atom. The molecule has 0 aliphatic carbocycles. The molecule has 2 heterocycles. The van der Waals surface area contributed by atoms with Gasteiger partial charge in [-0.2, -0.15) is 0 Å². The van der Waals surface area contributed by atoms with Crippen LogP contribution >= 0.6 is 0 Å². The number of likely N-dealkylation sites (tertiary alicyclic amines) is 1. The molecule has 2 saturated heterocycles. The highest BCUT2D eigenvalue weighted by Gasteiger charge is 2.36. The highest BCUT2D eigenvalue weighted by Crippen LogP contribution is 2.19. The molecule has 16 heavy (non-hydrogen) atoms. The fraction of sp³-hybridized carbons (Fsp3) is 1.00. The van der Waals surface area contributed by atoms with Crippen LogP contribution in [0.25, 0.3) is 0 Å². The van der Waals surface area contributed by atoms with E-state index in [9.17, 15) is 5.11 Å². The van der Waals surface area contributed by atoms with Gasteiger partial charge in [-0.25, -0.2) is 0 Å². The Kier molecular flexibility index (Phi) is 3.85. The molecular weight excluding hydrogens is 202 g/mol. The van der Waals surface area contributed by atoms with Gasteiger partial charge in [-0.1, -0.05) is 0 Å². The third-order valence-electron chi connectivity index (χ3n) is 4.02. The molecule has 0 spiro atoms. The number of rotatable bonds is 2. The van der Waals surface area contributed by atoms with Crippen LogP contribution < -0.4 is 0 Å². The third-order valence-corrected chi connectivity index (χ3v) is 4.02. The normalized spacial score (nSPS) is 35.1. The minimum absolute atomic E-state index is 0.161. The summed E-state index contributed by atoms with van der Waals surface area (Å²) in [5, 5.41) is 10.1. The molecule has 2 rings (SSSR count). The van der Waals surface area contributed by atoms with E-state index in [1.54, 1.807) is 0 Å². The van der Waals surface area contributed by atoms with Gasteiger partial charge < -0.3 is 10.0 Å². The van der Waals surface area contributed by atoms with Gasteiger partial charge in [0.05, 0.1) is 6.10 Å². The van der Waals surface area contributed by atoms with E-state index in [1.807, 2.05) is 0 Å². The van der Waals surface area contributed by atoms with Gasteiger partial charge in [0, 0.05) is 51.4 Å². The maximum absolute atomic E-state index is 10.1. The molecular formula is C12H25N3O. The van der Waals surface area contributed by atoms with Crippen LogP contribution in [0.2, 0.25) is 0 Å². The van der Waals surface area contributed by atoms with Crippen LogP contribution in [0.15, 0.2) is 0 Å². The second-order valence-electron chi connectivity index (χ2n) is 5.52. The highest BCUT2D eigenvalue weighted by atomic mass is 16.3. The smallest absolute Gasteiger partial charge is 0.0834 e. The summed E-state index contributed by atoms with van der Waals surface area (Å²) in [6.07, 6.45) is -0.161. The van der Waals surface area contributed by atoms with Gasteiger partial charge >= 0.3 is 0 Å². The van der Waals surface area contributed by atoms with Crippen molar-refractivity contribution in [3.05, 3.63) is 0 Å². The van der Waals surface area contributed by atoms with Crippen molar-refractivity contribution < 1.29 is 5.11 Å². The quantitative estimate of drug-likeness (QED) is 0.701. The van der Waals surface area contributed by atoms with Gasteiger partial charge in [0.15, 0.2) is 0 Å². The zero-order chi connectivity index (χ0) is 11.7. The molecule has 2 unspecified atom stereocenters. The zero-order valence-electron chi connectivity index (χ0n) is 10.8. The first-order valence-corrected chi connectivity index (χ1v) is 6.42. The second kappa shape index (κ2) is 5.00. The average molecular weight is 227 g/mol. The van der Waals surface area contributed by atoms with Crippen molar-refractivity contribution in [2.75, 3.05) is 46.3 Å². The standard InChI is InChI=1S/C12H25N3O/c1-10(2)15-8-11(12(16)9-15)14-6-4-13(3)5-7-14/h10-12,16H,4-9H2,1-3H3. The van der Waals surface area contributed by atoms with Crippen LogP contribution in [0, 0.1) is 0 Å². The number of β-amino-alcohol motifs (C(OH)–C–C–N with tert-alkyl or cyclic N) is 1. The van der Waals surface area contributed by atoms with Crippen LogP contribution in [0.1, 0.15) is 13.8 Å². The Morgan fingerprint density at radius 1 is 1.06 bits per heavy atom. The monoisotopic (exact) mass is 227 g/mol. The fourth-order valence-electron chi connectivity index (χ4n) is 2.73. The van der Waals surface area contributed by atoms with E-state index >= 15 is 0 Å². The van der Waals surface area contributed by atoms with E-state index in [0.717, 1.165) is 39.3 Å². The Morgan fingerprint density at radius 3 is 2.19 bits per heavy atom. The van der Waals surface area contributed by atoms with Crippen LogP contribution in [0.3, 0.4) is 0 Å². The molecule has 0 amide bonds. The molecule has 0 aromatic rings. The van der Waals surface area contributed by atoms with E-state index in [0.29, 0.717) is 12.1 Å². The van der Waals surface area contributed by atoms with E-state index in [1.165, 1.54) is 0 Å². The first-order chi connectivity index (χ1) is 7.58. The van der Waals surface area contributed by atoms with Gasteiger partial charge in [0.25, 0.3) is 0 Å². The Balaban J connectivity index is 1.90. The van der Waals surface area contributed by atoms with Crippen molar-refractivity contribution in [3.8, 4) is 0 Å². The molecule has 0 bridgehead atoms. The lowest BCUT2D eigenvalue weighted by atomic mass is 10.1. The number of nitrogens with zero attached hydrogens (tertiary/aromatic N) is 3. The Labute approximate surface area is 98.8 Å². The molecule has 0 radical (unpaired) electrons. The average Bonchev–Trinajstić information content (AvgIpc) is 2.62. The molecule has 0 saturated carbocycles. The van der Waals surface area contributed by atoms with E-state index in [-0.39, 0.29) is 6.10 Å². The summed E-state index contributed by atoms with van der Waals surface area (Å²) in [6, 6.07) is 0.906. The van der Waals surface area contributed by atoms with Crippen molar-refractivity contribution >= 4 is 0 Å². The predicted octanol–water partition coefficient (Wildman–Crippen LogP) is -0.313. The van der Waals surface area contributed by atoms with Crippen LogP contribution in [0.4, 0.5) is 0 Å². The molecule has 4 nitrogen and oxygen atoms in total. The molecule has 2 atom stereocenters. The number of piperazine rings is 1. The van der Waals surface area contributed by atoms with E-state index < -0.39 is 0 Å². The minimum atomic E-state index is -0.161. The summed E-state index contributed by atoms with van der Waals surface area (Å²) >= 11 is 0. The maximum Gasteiger partial charge on any atom is 0.0834 e. The van der Waals surface area contributed by atoms with E-state index in [2.05, 4.69) is 35.6 Å². The minimum Gasteiger partial charge on any atom is -0.390 e. The van der Waals surface area contributed by atoms with Crippen molar-refractivity contribution in [2.45, 2.75) is 32.0 Å². The molecule has 94 valence electrons. The van der Waals surface area contributed by atoms with Crippen molar-refractivity contribution in [1.82, 2.24) is 14.7 Å². The molecule has 0 aromatic carbocycles. The molecule has 4 heteroatoms. The van der Waals surface area contributed by atoms with Crippen molar-refractivity contribution in [3.63, 3.8) is 0 Å². The lowest BCUT2D eigenvalue weighted by molar-refractivity contribution is 0.0512. The number of hydrogen-bond acceptors (Lipinski definition) is 4. The van der Waals surface area contributed by atoms with Crippen LogP contribution in [-0.4, -0.2) is 84.3 Å². The zero-order valence-corrected chi connectivity index (χ0v) is 10.8. The van der Waals surface area contributed by atoms with Crippen LogP contribution in [0.5, 0.6) is 0 Å². The molecule has 1 N–H and O–H groups in total. The van der Waals surface area contributed by atoms with Crippen molar-refractivity contribution in [1.29, 1.82) is 0 Å². The summed E-state index contributed by atoms with van der Waals surface area (Å²) < 4.78 is 0. The maximum atomic E-state index is 10.1. The first-order valence-electron chi connectivity index (χ1n) is 6.42. The molecule has 2 fully saturated rings. The lowest BCUT2D eigenvalue weighted by Gasteiger charge is -2.37. The summed E-state index contributed by atoms with van der Waals surface area (Å²) in [4.78, 5) is 7.21. The summed E-state index contributed by atoms with van der Waals surface area (Å²) in [7, 11) is 2.17. The summed E-state index contributed by atoms with van der Waals surface area (Å²) in [5.41, 5.74) is 0.